The van der Waals surface area contributed by atoms with Gasteiger partial charge >= 0.3 is 0 Å². The summed E-state index contributed by atoms with van der Waals surface area (Å²) in [5, 5.41) is 20.6. The lowest BCUT2D eigenvalue weighted by molar-refractivity contribution is -0.144. The van der Waals surface area contributed by atoms with Crippen molar-refractivity contribution in [3.05, 3.63) is 24.4 Å². The van der Waals surface area contributed by atoms with Gasteiger partial charge in [0, 0.05) is 30.1 Å². The van der Waals surface area contributed by atoms with Crippen molar-refractivity contribution >= 4 is 28.4 Å². The standard InChI is InChI=1S/C18H24N4O3/c1-11(2)16(23)18(25)22-7-5-12(6-8-22)17(24)20-14-3-4-15-13(9-14)10-19-21-15/h3-4,9-12,16,23H,5-8H2,1-2H3,(H,19,21)(H,20,24)/t16-/m0/s1. The molecule has 0 spiro atoms. The van der Waals surface area contributed by atoms with E-state index >= 15 is 0 Å². The Morgan fingerprint density at radius 2 is 2.04 bits per heavy atom. The van der Waals surface area contributed by atoms with Crippen molar-refractivity contribution in [2.24, 2.45) is 11.8 Å². The van der Waals surface area contributed by atoms with E-state index < -0.39 is 6.10 Å². The van der Waals surface area contributed by atoms with Crippen molar-refractivity contribution in [1.29, 1.82) is 0 Å². The molecule has 1 aromatic carbocycles. The van der Waals surface area contributed by atoms with Gasteiger partial charge in [0.1, 0.15) is 6.10 Å². The third kappa shape index (κ3) is 3.82. The second kappa shape index (κ2) is 7.23. The van der Waals surface area contributed by atoms with Gasteiger partial charge in [0.25, 0.3) is 5.91 Å². The number of amides is 2. The van der Waals surface area contributed by atoms with Crippen molar-refractivity contribution in [2.75, 3.05) is 18.4 Å². The van der Waals surface area contributed by atoms with E-state index in [-0.39, 0.29) is 23.7 Å². The molecule has 7 nitrogen and oxygen atoms in total. The van der Waals surface area contributed by atoms with Crippen LogP contribution in [0, 0.1) is 11.8 Å². The first-order valence-corrected chi connectivity index (χ1v) is 8.66. The molecular weight excluding hydrogens is 320 g/mol. The first-order chi connectivity index (χ1) is 12.0. The number of aromatic nitrogens is 2. The fourth-order valence-corrected chi connectivity index (χ4v) is 3.10. The number of H-pyrrole nitrogens is 1. The number of anilines is 1. The van der Waals surface area contributed by atoms with Crippen LogP contribution in [0.3, 0.4) is 0 Å². The van der Waals surface area contributed by atoms with Gasteiger partial charge in [-0.1, -0.05) is 13.8 Å². The summed E-state index contributed by atoms with van der Waals surface area (Å²) >= 11 is 0. The largest absolute Gasteiger partial charge is 0.383 e. The number of likely N-dealkylation sites (tertiary alicyclic amines) is 1. The first-order valence-electron chi connectivity index (χ1n) is 8.66. The zero-order valence-electron chi connectivity index (χ0n) is 14.5. The molecule has 1 fully saturated rings. The summed E-state index contributed by atoms with van der Waals surface area (Å²) in [6.45, 7) is 4.64. The van der Waals surface area contributed by atoms with E-state index in [9.17, 15) is 14.7 Å². The first kappa shape index (κ1) is 17.4. The number of aliphatic hydroxyl groups excluding tert-OH is 1. The number of benzene rings is 1. The van der Waals surface area contributed by atoms with Crippen molar-refractivity contribution in [3.8, 4) is 0 Å². The van der Waals surface area contributed by atoms with Crippen LogP contribution in [0.4, 0.5) is 5.69 Å². The Kier molecular flexibility index (Phi) is 5.03. The van der Waals surface area contributed by atoms with Gasteiger partial charge < -0.3 is 15.3 Å². The quantitative estimate of drug-likeness (QED) is 0.787. The predicted molar refractivity (Wildman–Crippen MR) is 94.9 cm³/mol. The summed E-state index contributed by atoms with van der Waals surface area (Å²) in [4.78, 5) is 26.3. The normalized spacial score (nSPS) is 17.0. The topological polar surface area (TPSA) is 98.3 Å². The molecular formula is C18H24N4O3. The highest BCUT2D eigenvalue weighted by atomic mass is 16.3. The monoisotopic (exact) mass is 344 g/mol. The van der Waals surface area contributed by atoms with Crippen LogP contribution in [0.5, 0.6) is 0 Å². The Bertz CT molecular complexity index is 763. The molecule has 1 aliphatic heterocycles. The number of nitrogens with zero attached hydrogens (tertiary/aromatic N) is 2. The van der Waals surface area contributed by atoms with Crippen LogP contribution in [0.1, 0.15) is 26.7 Å². The lowest BCUT2D eigenvalue weighted by atomic mass is 9.94. The summed E-state index contributed by atoms with van der Waals surface area (Å²) in [5.41, 5.74) is 1.67. The molecule has 0 unspecified atom stereocenters. The minimum Gasteiger partial charge on any atom is -0.383 e. The van der Waals surface area contributed by atoms with Gasteiger partial charge in [-0.2, -0.15) is 5.10 Å². The molecule has 134 valence electrons. The van der Waals surface area contributed by atoms with Gasteiger partial charge in [-0.05, 0) is 37.0 Å². The maximum Gasteiger partial charge on any atom is 0.251 e. The number of rotatable bonds is 4. The average Bonchev–Trinajstić information content (AvgIpc) is 3.08. The molecule has 0 saturated carbocycles. The van der Waals surface area contributed by atoms with Gasteiger partial charge in [0.15, 0.2) is 0 Å². The molecule has 3 rings (SSSR count). The molecule has 1 atom stereocenters. The maximum absolute atomic E-state index is 12.5. The number of carbonyl (C=O) groups is 2. The highest BCUT2D eigenvalue weighted by molar-refractivity contribution is 5.95. The van der Waals surface area contributed by atoms with Crippen LogP contribution in [0.15, 0.2) is 24.4 Å². The number of nitrogens with one attached hydrogen (secondary N) is 2. The number of carbonyl (C=O) groups excluding carboxylic acids is 2. The number of aliphatic hydroxyl groups is 1. The van der Waals surface area contributed by atoms with Crippen molar-refractivity contribution < 1.29 is 14.7 Å². The minimum absolute atomic E-state index is 0.0284. The maximum atomic E-state index is 12.5. The van der Waals surface area contributed by atoms with E-state index in [1.165, 1.54) is 0 Å². The lowest BCUT2D eigenvalue weighted by Crippen LogP contribution is -2.46. The molecule has 7 heteroatoms. The Hall–Kier alpha value is -2.41. The van der Waals surface area contributed by atoms with Crippen molar-refractivity contribution in [1.82, 2.24) is 15.1 Å². The molecule has 0 aliphatic carbocycles. The average molecular weight is 344 g/mol. The Labute approximate surface area is 146 Å². The van der Waals surface area contributed by atoms with Crippen LogP contribution < -0.4 is 5.32 Å². The Morgan fingerprint density at radius 3 is 2.72 bits per heavy atom. The van der Waals surface area contributed by atoms with Crippen LogP contribution in [-0.4, -0.2) is 51.2 Å². The summed E-state index contributed by atoms with van der Waals surface area (Å²) < 4.78 is 0. The van der Waals surface area contributed by atoms with Gasteiger partial charge in [0.2, 0.25) is 5.91 Å². The molecule has 1 saturated heterocycles. The summed E-state index contributed by atoms with van der Waals surface area (Å²) in [5.74, 6) is -0.495. The van der Waals surface area contributed by atoms with E-state index in [1.807, 2.05) is 32.0 Å². The third-order valence-electron chi connectivity index (χ3n) is 4.77. The lowest BCUT2D eigenvalue weighted by Gasteiger charge is -2.33. The molecule has 25 heavy (non-hydrogen) atoms. The van der Waals surface area contributed by atoms with E-state index in [0.717, 1.165) is 16.6 Å². The van der Waals surface area contributed by atoms with Crippen LogP contribution in [0.2, 0.25) is 0 Å². The number of hydrogen-bond donors (Lipinski definition) is 3. The van der Waals surface area contributed by atoms with Crippen LogP contribution >= 0.6 is 0 Å². The Balaban J connectivity index is 1.55. The van der Waals surface area contributed by atoms with Crippen LogP contribution in [0.25, 0.3) is 10.9 Å². The van der Waals surface area contributed by atoms with Crippen LogP contribution in [-0.2, 0) is 9.59 Å². The van der Waals surface area contributed by atoms with Gasteiger partial charge in [0.05, 0.1) is 11.7 Å². The van der Waals surface area contributed by atoms with Gasteiger partial charge in [-0.3, -0.25) is 14.7 Å². The van der Waals surface area contributed by atoms with E-state index in [0.29, 0.717) is 25.9 Å². The predicted octanol–water partition coefficient (Wildman–Crippen LogP) is 1.76. The van der Waals surface area contributed by atoms with Gasteiger partial charge in [-0.25, -0.2) is 0 Å². The van der Waals surface area contributed by atoms with Crippen molar-refractivity contribution in [2.45, 2.75) is 32.8 Å². The Morgan fingerprint density at radius 1 is 1.32 bits per heavy atom. The fourth-order valence-electron chi connectivity index (χ4n) is 3.10. The second-order valence-electron chi connectivity index (χ2n) is 6.95. The smallest absolute Gasteiger partial charge is 0.251 e. The second-order valence-corrected chi connectivity index (χ2v) is 6.95. The van der Waals surface area contributed by atoms with E-state index in [4.69, 9.17) is 0 Å². The van der Waals surface area contributed by atoms with Crippen molar-refractivity contribution in [3.63, 3.8) is 0 Å². The minimum atomic E-state index is -0.966. The summed E-state index contributed by atoms with van der Waals surface area (Å²) in [7, 11) is 0. The SMILES string of the molecule is CC(C)[C@H](O)C(=O)N1CCC(C(=O)Nc2ccc3[nH]ncc3c2)CC1. The molecule has 0 radical (unpaired) electrons. The molecule has 1 aliphatic rings. The summed E-state index contributed by atoms with van der Waals surface area (Å²) in [6, 6.07) is 5.61. The third-order valence-corrected chi connectivity index (χ3v) is 4.77. The molecule has 3 N–H and O–H groups in total. The zero-order chi connectivity index (χ0) is 18.0. The molecule has 2 aromatic rings. The number of piperidine rings is 1. The molecule has 1 aromatic heterocycles. The zero-order valence-corrected chi connectivity index (χ0v) is 14.5. The molecule has 2 amide bonds. The highest BCUT2D eigenvalue weighted by Gasteiger charge is 2.31. The van der Waals surface area contributed by atoms with E-state index in [1.54, 1.807) is 11.1 Å². The fraction of sp³-hybridized carbons (Fsp3) is 0.500. The number of hydrogen-bond acceptors (Lipinski definition) is 4. The van der Waals surface area contributed by atoms with Gasteiger partial charge in [-0.15, -0.1) is 0 Å². The summed E-state index contributed by atoms with van der Waals surface area (Å²) in [6.07, 6.45) is 1.97. The highest BCUT2D eigenvalue weighted by Crippen LogP contribution is 2.22. The number of aromatic amines is 1. The van der Waals surface area contributed by atoms with E-state index in [2.05, 4.69) is 15.5 Å². The number of fused-ring (bicyclic) bond motifs is 1. The molecule has 2 heterocycles. The molecule has 0 bridgehead atoms.